The Morgan fingerprint density at radius 1 is 0.882 bits per heavy atom. The summed E-state index contributed by atoms with van der Waals surface area (Å²) in [6.45, 7) is 1.78. The quantitative estimate of drug-likeness (QED) is 0.165. The lowest BCUT2D eigenvalue weighted by Gasteiger charge is -2.15. The first kappa shape index (κ1) is 28.4. The molecule has 1 aliphatic rings. The zero-order chi connectivity index (χ0) is 24.4. The molecular weight excluding hydrogens is 428 g/mol. The summed E-state index contributed by atoms with van der Waals surface area (Å²) in [5.41, 5.74) is 0.404. The number of hydrogen-bond acceptors (Lipinski definition) is 5. The minimum absolute atomic E-state index is 0.117. The third kappa shape index (κ3) is 12.5. The topological polar surface area (TPSA) is 72.8 Å². The molecule has 1 aliphatic carbocycles. The lowest BCUT2D eigenvalue weighted by Crippen LogP contribution is -2.28. The second-order valence-electron chi connectivity index (χ2n) is 9.88. The predicted molar refractivity (Wildman–Crippen MR) is 136 cm³/mol. The van der Waals surface area contributed by atoms with E-state index in [1.54, 1.807) is 24.3 Å². The second-order valence-corrected chi connectivity index (χ2v) is 9.88. The molecule has 0 radical (unpaired) electrons. The van der Waals surface area contributed by atoms with Gasteiger partial charge in [-0.3, -0.25) is 4.79 Å². The molecule has 0 spiro atoms. The molecule has 0 saturated heterocycles. The normalized spacial score (nSPS) is 17.8. The highest BCUT2D eigenvalue weighted by Gasteiger charge is 2.34. The molecule has 0 aliphatic heterocycles. The van der Waals surface area contributed by atoms with Crippen LogP contribution in [0, 0.1) is 11.8 Å². The van der Waals surface area contributed by atoms with Crippen LogP contribution in [0.25, 0.3) is 0 Å². The fraction of sp³-hybridized carbons (Fsp3) is 0.724. The van der Waals surface area contributed by atoms with E-state index in [-0.39, 0.29) is 19.2 Å². The smallest absolute Gasteiger partial charge is 0.338 e. The van der Waals surface area contributed by atoms with E-state index in [0.717, 1.165) is 31.1 Å². The minimum Gasteiger partial charge on any atom is -0.462 e. The average molecular weight is 475 g/mol. The first-order valence-corrected chi connectivity index (χ1v) is 13.7. The van der Waals surface area contributed by atoms with E-state index in [1.807, 2.05) is 6.07 Å². The molecule has 0 bridgehead atoms. The molecule has 3 atom stereocenters. The van der Waals surface area contributed by atoms with Gasteiger partial charge in [0.1, 0.15) is 6.61 Å². The standard InChI is InChI=1S/C29H46O5/c1-2-3-4-11-18-25-21-26(25)19-12-8-6-5-7-9-15-20-28(31)33-23-27(22-30)34-29(32)24-16-13-10-14-17-24/h10,13-14,16-17,25-27,30H,2-9,11-12,15,18-23H2,1H3/t25?,26?,27-/m0/s1. The van der Waals surface area contributed by atoms with Crippen LogP contribution in [0.2, 0.25) is 0 Å². The molecule has 1 fully saturated rings. The Morgan fingerprint density at radius 2 is 1.47 bits per heavy atom. The van der Waals surface area contributed by atoms with Gasteiger partial charge in [-0.05, 0) is 36.8 Å². The number of aliphatic hydroxyl groups excluding tert-OH is 1. The van der Waals surface area contributed by atoms with Crippen LogP contribution < -0.4 is 0 Å². The van der Waals surface area contributed by atoms with Gasteiger partial charge in [0, 0.05) is 6.42 Å². The summed E-state index contributed by atoms with van der Waals surface area (Å²) in [4.78, 5) is 24.0. The van der Waals surface area contributed by atoms with E-state index in [1.165, 1.54) is 70.6 Å². The summed E-state index contributed by atoms with van der Waals surface area (Å²) in [6, 6.07) is 8.57. The number of carbonyl (C=O) groups is 2. The van der Waals surface area contributed by atoms with Gasteiger partial charge in [0.25, 0.3) is 0 Å². The molecule has 0 aromatic heterocycles. The first-order chi connectivity index (χ1) is 16.6. The molecule has 5 nitrogen and oxygen atoms in total. The van der Waals surface area contributed by atoms with Gasteiger partial charge in [0.15, 0.2) is 6.10 Å². The summed E-state index contributed by atoms with van der Waals surface area (Å²) in [7, 11) is 0. The van der Waals surface area contributed by atoms with Crippen molar-refractivity contribution in [2.45, 2.75) is 109 Å². The van der Waals surface area contributed by atoms with E-state index in [9.17, 15) is 14.7 Å². The molecule has 1 aromatic carbocycles. The molecule has 5 heteroatoms. The van der Waals surface area contributed by atoms with E-state index in [0.29, 0.717) is 12.0 Å². The van der Waals surface area contributed by atoms with Gasteiger partial charge in [-0.1, -0.05) is 102 Å². The summed E-state index contributed by atoms with van der Waals surface area (Å²) in [6.07, 6.45) is 17.7. The van der Waals surface area contributed by atoms with Crippen molar-refractivity contribution in [2.75, 3.05) is 13.2 Å². The highest BCUT2D eigenvalue weighted by Crippen LogP contribution is 2.45. The summed E-state index contributed by atoms with van der Waals surface area (Å²) in [5.74, 6) is 1.23. The Labute approximate surface area is 206 Å². The Hall–Kier alpha value is -1.88. The maximum Gasteiger partial charge on any atom is 0.338 e. The Kier molecular flexibility index (Phi) is 14.6. The van der Waals surface area contributed by atoms with Crippen molar-refractivity contribution in [2.24, 2.45) is 11.8 Å². The van der Waals surface area contributed by atoms with Crippen molar-refractivity contribution >= 4 is 11.9 Å². The monoisotopic (exact) mass is 474 g/mol. The van der Waals surface area contributed by atoms with Crippen LogP contribution in [-0.4, -0.2) is 36.4 Å². The van der Waals surface area contributed by atoms with Crippen molar-refractivity contribution in [3.63, 3.8) is 0 Å². The van der Waals surface area contributed by atoms with Gasteiger partial charge in [0.05, 0.1) is 12.2 Å². The number of aliphatic hydroxyl groups is 1. The van der Waals surface area contributed by atoms with Gasteiger partial charge >= 0.3 is 11.9 Å². The van der Waals surface area contributed by atoms with Crippen molar-refractivity contribution in [3.8, 4) is 0 Å². The molecule has 2 rings (SSSR count). The third-order valence-electron chi connectivity index (χ3n) is 6.87. The Balaban J connectivity index is 1.38. The van der Waals surface area contributed by atoms with Crippen molar-refractivity contribution in [1.82, 2.24) is 0 Å². The first-order valence-electron chi connectivity index (χ1n) is 13.7. The third-order valence-corrected chi connectivity index (χ3v) is 6.87. The van der Waals surface area contributed by atoms with E-state index in [4.69, 9.17) is 9.47 Å². The minimum atomic E-state index is -0.844. The SMILES string of the molecule is CCCCCCC1CC1CCCCCCCCCC(=O)OC[C@H](CO)OC(=O)c1ccccc1. The van der Waals surface area contributed by atoms with Crippen molar-refractivity contribution < 1.29 is 24.2 Å². The summed E-state index contributed by atoms with van der Waals surface area (Å²) < 4.78 is 10.4. The van der Waals surface area contributed by atoms with Gasteiger partial charge in [-0.25, -0.2) is 4.79 Å². The Morgan fingerprint density at radius 3 is 2.09 bits per heavy atom. The fourth-order valence-corrected chi connectivity index (χ4v) is 4.59. The average Bonchev–Trinajstić information content (AvgIpc) is 3.61. The highest BCUT2D eigenvalue weighted by atomic mass is 16.6. The number of hydrogen-bond donors (Lipinski definition) is 1. The number of unbranched alkanes of at least 4 members (excludes halogenated alkanes) is 9. The second kappa shape index (κ2) is 17.5. The summed E-state index contributed by atoms with van der Waals surface area (Å²) >= 11 is 0. The van der Waals surface area contributed by atoms with Crippen molar-refractivity contribution in [1.29, 1.82) is 0 Å². The molecule has 0 amide bonds. The largest absolute Gasteiger partial charge is 0.462 e. The number of ether oxygens (including phenoxy) is 2. The molecule has 1 aromatic rings. The van der Waals surface area contributed by atoms with Gasteiger partial charge < -0.3 is 14.6 Å². The van der Waals surface area contributed by atoms with Gasteiger partial charge in [0.2, 0.25) is 0 Å². The maximum atomic E-state index is 12.0. The number of rotatable bonds is 20. The molecular formula is C29H46O5. The van der Waals surface area contributed by atoms with Crippen LogP contribution in [0.1, 0.15) is 114 Å². The molecule has 2 unspecified atom stereocenters. The fourth-order valence-electron chi connectivity index (χ4n) is 4.59. The van der Waals surface area contributed by atoms with Crippen LogP contribution >= 0.6 is 0 Å². The van der Waals surface area contributed by atoms with Crippen LogP contribution in [-0.2, 0) is 14.3 Å². The van der Waals surface area contributed by atoms with Crippen LogP contribution in [0.5, 0.6) is 0 Å². The van der Waals surface area contributed by atoms with E-state index < -0.39 is 12.1 Å². The summed E-state index contributed by atoms with van der Waals surface area (Å²) in [5, 5.41) is 9.40. The molecule has 1 N–H and O–H groups in total. The Bertz CT molecular complexity index is 674. The number of carbonyl (C=O) groups excluding carboxylic acids is 2. The van der Waals surface area contributed by atoms with Crippen LogP contribution in [0.15, 0.2) is 30.3 Å². The lowest BCUT2D eigenvalue weighted by atomic mass is 10.0. The molecule has 34 heavy (non-hydrogen) atoms. The molecule has 192 valence electrons. The van der Waals surface area contributed by atoms with Crippen LogP contribution in [0.4, 0.5) is 0 Å². The van der Waals surface area contributed by atoms with E-state index >= 15 is 0 Å². The van der Waals surface area contributed by atoms with Crippen LogP contribution in [0.3, 0.4) is 0 Å². The highest BCUT2D eigenvalue weighted by molar-refractivity contribution is 5.89. The van der Waals surface area contributed by atoms with Crippen molar-refractivity contribution in [3.05, 3.63) is 35.9 Å². The predicted octanol–water partition coefficient (Wildman–Crippen LogP) is 6.86. The zero-order valence-corrected chi connectivity index (χ0v) is 21.2. The lowest BCUT2D eigenvalue weighted by molar-refractivity contribution is -0.147. The number of esters is 2. The zero-order valence-electron chi connectivity index (χ0n) is 21.2. The van der Waals surface area contributed by atoms with Gasteiger partial charge in [-0.2, -0.15) is 0 Å². The number of benzene rings is 1. The van der Waals surface area contributed by atoms with E-state index in [2.05, 4.69) is 6.92 Å². The molecule has 1 saturated carbocycles. The maximum absolute atomic E-state index is 12.0. The van der Waals surface area contributed by atoms with Gasteiger partial charge in [-0.15, -0.1) is 0 Å². The molecule has 0 heterocycles.